The highest BCUT2D eigenvalue weighted by atomic mass is 35.5. The molecule has 0 heterocycles. The van der Waals surface area contributed by atoms with Crippen molar-refractivity contribution in [3.05, 3.63) is 69.5 Å². The van der Waals surface area contributed by atoms with Crippen LogP contribution in [0.4, 0.5) is 18.0 Å². The minimum atomic E-state index is -1.38. The third kappa shape index (κ3) is 8.86. The molecule has 0 fully saturated rings. The smallest absolute Gasteiger partial charge is 0.408 e. The lowest BCUT2D eigenvalue weighted by Gasteiger charge is -2.24. The van der Waals surface area contributed by atoms with E-state index in [0.717, 1.165) is 0 Å². The number of rotatable bonds is 7. The summed E-state index contributed by atoms with van der Waals surface area (Å²) in [6.45, 7) is 10.2. The van der Waals surface area contributed by atoms with E-state index >= 15 is 0 Å². The number of amides is 2. The van der Waals surface area contributed by atoms with Crippen LogP contribution >= 0.6 is 11.6 Å². The largest absolute Gasteiger partial charge is 0.444 e. The number of nitrogens with one attached hydrogen (secondary N) is 2. The molecular formula is C26H30ClF3N2O4. The summed E-state index contributed by atoms with van der Waals surface area (Å²) in [5.41, 5.74) is -1.30. The third-order valence-electron chi connectivity index (χ3n) is 4.76. The molecule has 2 aromatic rings. The second-order valence-corrected chi connectivity index (χ2v) is 10.8. The normalized spacial score (nSPS) is 12.6. The highest BCUT2D eigenvalue weighted by Gasteiger charge is 2.28. The van der Waals surface area contributed by atoms with Crippen LogP contribution in [0.5, 0.6) is 0 Å². The molecule has 2 N–H and O–H groups in total. The Kier molecular flexibility index (Phi) is 9.18. The van der Waals surface area contributed by atoms with Gasteiger partial charge in [0.2, 0.25) is 0 Å². The van der Waals surface area contributed by atoms with E-state index in [1.54, 1.807) is 41.5 Å². The molecule has 2 rings (SSSR count). The molecule has 2 amide bonds. The van der Waals surface area contributed by atoms with Gasteiger partial charge in [0.15, 0.2) is 17.4 Å². The molecule has 6 nitrogen and oxygen atoms in total. The van der Waals surface area contributed by atoms with E-state index in [1.165, 1.54) is 18.2 Å². The molecule has 0 aliphatic carbocycles. The lowest BCUT2D eigenvalue weighted by molar-refractivity contribution is -0.120. The Balaban J connectivity index is 2.40. The van der Waals surface area contributed by atoms with Gasteiger partial charge in [0.05, 0.1) is 6.04 Å². The van der Waals surface area contributed by atoms with E-state index in [9.17, 15) is 27.6 Å². The molecule has 0 saturated heterocycles. The number of Topliss-reactive ketones (excluding diaryl/α,β-unsaturated/α-hetero) is 1. The Morgan fingerprint density at radius 2 is 1.53 bits per heavy atom. The predicted molar refractivity (Wildman–Crippen MR) is 131 cm³/mol. The number of carbonyl (C=O) groups excluding carboxylic acids is 3. The number of alkyl carbamates (subject to hydrolysis) is 1. The Hall–Kier alpha value is -3.07. The van der Waals surface area contributed by atoms with Crippen molar-refractivity contribution in [2.24, 2.45) is 0 Å². The van der Waals surface area contributed by atoms with Crippen molar-refractivity contribution in [2.45, 2.75) is 71.6 Å². The molecule has 0 aliphatic rings. The van der Waals surface area contributed by atoms with Gasteiger partial charge in [0.25, 0.3) is 5.91 Å². The Morgan fingerprint density at radius 3 is 2.11 bits per heavy atom. The summed E-state index contributed by atoms with van der Waals surface area (Å²) in [5, 5.41) is 5.45. The summed E-state index contributed by atoms with van der Waals surface area (Å²) in [6.07, 6.45) is -1.80. The Morgan fingerprint density at radius 1 is 0.917 bits per heavy atom. The molecule has 0 aliphatic heterocycles. The number of ether oxygens (including phenoxy) is 1. The van der Waals surface area contributed by atoms with Gasteiger partial charge in [-0.15, -0.1) is 0 Å². The summed E-state index contributed by atoms with van der Waals surface area (Å²) >= 11 is 6.10. The van der Waals surface area contributed by atoms with Crippen molar-refractivity contribution in [2.75, 3.05) is 0 Å². The van der Waals surface area contributed by atoms with E-state index in [1.807, 2.05) is 0 Å². The van der Waals surface area contributed by atoms with Crippen LogP contribution in [0.3, 0.4) is 0 Å². The predicted octanol–water partition coefficient (Wildman–Crippen LogP) is 5.53. The first-order valence-corrected chi connectivity index (χ1v) is 11.6. The number of ketones is 1. The molecule has 0 bridgehead atoms. The minimum Gasteiger partial charge on any atom is -0.444 e. The van der Waals surface area contributed by atoms with Crippen molar-refractivity contribution in [1.82, 2.24) is 10.6 Å². The maximum Gasteiger partial charge on any atom is 0.408 e. The summed E-state index contributed by atoms with van der Waals surface area (Å²) in [5.74, 6) is -4.83. The molecular weight excluding hydrogens is 497 g/mol. The molecule has 196 valence electrons. The Labute approximate surface area is 213 Å². The average molecular weight is 527 g/mol. The Bertz CT molecular complexity index is 1160. The molecule has 0 aromatic heterocycles. The number of benzene rings is 2. The molecule has 2 aromatic carbocycles. The fraction of sp³-hybridized carbons (Fsp3) is 0.423. The maximum absolute atomic E-state index is 14.3. The summed E-state index contributed by atoms with van der Waals surface area (Å²) in [7, 11) is 0. The monoisotopic (exact) mass is 526 g/mol. The highest BCUT2D eigenvalue weighted by Crippen LogP contribution is 2.21. The van der Waals surface area contributed by atoms with Gasteiger partial charge in [0.1, 0.15) is 11.4 Å². The van der Waals surface area contributed by atoms with Crippen LogP contribution in [-0.4, -0.2) is 35.0 Å². The van der Waals surface area contributed by atoms with E-state index in [4.69, 9.17) is 16.3 Å². The number of carbonyl (C=O) groups is 3. The number of hydrogen-bond acceptors (Lipinski definition) is 4. The lowest BCUT2D eigenvalue weighted by Crippen LogP contribution is -2.45. The molecule has 10 heteroatoms. The number of hydrogen-bond donors (Lipinski definition) is 2. The SMILES string of the molecule is CC(C)(C)NC(=O)c1ccc(Cl)cc1CC(=O)C(Cc1cc(F)c(F)cc1F)NC(=O)OC(C)(C)C. The lowest BCUT2D eigenvalue weighted by atomic mass is 9.94. The first kappa shape index (κ1) is 29.2. The van der Waals surface area contributed by atoms with Crippen LogP contribution in [0.25, 0.3) is 0 Å². The van der Waals surface area contributed by atoms with Crippen molar-refractivity contribution in [3.63, 3.8) is 0 Å². The van der Waals surface area contributed by atoms with E-state index in [-0.39, 0.29) is 28.1 Å². The molecule has 0 spiro atoms. The molecule has 1 unspecified atom stereocenters. The zero-order chi connectivity index (χ0) is 27.4. The maximum atomic E-state index is 14.3. The van der Waals surface area contributed by atoms with Gasteiger partial charge >= 0.3 is 6.09 Å². The summed E-state index contributed by atoms with van der Waals surface area (Å²) in [4.78, 5) is 38.5. The van der Waals surface area contributed by atoms with Crippen LogP contribution in [0.1, 0.15) is 63.0 Å². The fourth-order valence-electron chi connectivity index (χ4n) is 3.28. The van der Waals surface area contributed by atoms with Gasteiger partial charge in [-0.05, 0) is 76.9 Å². The van der Waals surface area contributed by atoms with Gasteiger partial charge in [-0.1, -0.05) is 11.6 Å². The van der Waals surface area contributed by atoms with Crippen molar-refractivity contribution in [3.8, 4) is 0 Å². The first-order chi connectivity index (χ1) is 16.4. The topological polar surface area (TPSA) is 84.5 Å². The second-order valence-electron chi connectivity index (χ2n) is 10.4. The second kappa shape index (κ2) is 11.3. The number of halogens is 4. The van der Waals surface area contributed by atoms with Crippen molar-refractivity contribution >= 4 is 29.4 Å². The first-order valence-electron chi connectivity index (χ1n) is 11.2. The van der Waals surface area contributed by atoms with Crippen LogP contribution in [0.15, 0.2) is 30.3 Å². The summed E-state index contributed by atoms with van der Waals surface area (Å²) in [6, 6.07) is 4.03. The van der Waals surface area contributed by atoms with Gasteiger partial charge in [-0.2, -0.15) is 0 Å². The van der Waals surface area contributed by atoms with Crippen molar-refractivity contribution < 1.29 is 32.3 Å². The quantitative estimate of drug-likeness (QED) is 0.464. The highest BCUT2D eigenvalue weighted by molar-refractivity contribution is 6.30. The average Bonchev–Trinajstić information content (AvgIpc) is 2.68. The van der Waals surface area contributed by atoms with Crippen LogP contribution < -0.4 is 10.6 Å². The van der Waals surface area contributed by atoms with Gasteiger partial charge in [-0.25, -0.2) is 18.0 Å². The fourth-order valence-corrected chi connectivity index (χ4v) is 3.48. The standard InChI is InChI=1S/C26H30ClF3N2O4/c1-25(2,3)32-23(34)17-8-7-16(27)9-14(17)12-22(33)21(31-24(35)36-26(4,5)6)11-15-10-19(29)20(30)13-18(15)28/h7-10,13,21H,11-12H2,1-6H3,(H,31,35)(H,32,34). The molecule has 0 radical (unpaired) electrons. The molecule has 1 atom stereocenters. The van der Waals surface area contributed by atoms with Crippen LogP contribution in [0.2, 0.25) is 5.02 Å². The minimum absolute atomic E-state index is 0.192. The molecule has 0 saturated carbocycles. The van der Waals surface area contributed by atoms with Crippen LogP contribution in [0, 0.1) is 17.5 Å². The van der Waals surface area contributed by atoms with E-state index in [2.05, 4.69) is 10.6 Å². The van der Waals surface area contributed by atoms with Gasteiger partial charge in [0, 0.05) is 35.0 Å². The summed E-state index contributed by atoms with van der Waals surface area (Å²) < 4.78 is 46.7. The third-order valence-corrected chi connectivity index (χ3v) is 4.99. The van der Waals surface area contributed by atoms with Crippen LogP contribution in [-0.2, 0) is 22.4 Å². The van der Waals surface area contributed by atoms with Gasteiger partial charge < -0.3 is 15.4 Å². The zero-order valence-corrected chi connectivity index (χ0v) is 21.8. The van der Waals surface area contributed by atoms with E-state index < -0.39 is 58.8 Å². The van der Waals surface area contributed by atoms with Gasteiger partial charge in [-0.3, -0.25) is 9.59 Å². The zero-order valence-electron chi connectivity index (χ0n) is 21.0. The van der Waals surface area contributed by atoms with E-state index in [0.29, 0.717) is 12.1 Å². The molecule has 36 heavy (non-hydrogen) atoms. The van der Waals surface area contributed by atoms with Crippen molar-refractivity contribution in [1.29, 1.82) is 0 Å².